The first-order valence-corrected chi connectivity index (χ1v) is 5.09. The summed E-state index contributed by atoms with van der Waals surface area (Å²) in [7, 11) is 0. The Balaban J connectivity index is 2.82. The number of carbonyl (C=O) groups excluding carboxylic acids is 1. The van der Waals surface area contributed by atoms with Gasteiger partial charge in [0.25, 0.3) is 0 Å². The van der Waals surface area contributed by atoms with Gasteiger partial charge in [0.2, 0.25) is 0 Å². The van der Waals surface area contributed by atoms with Crippen molar-refractivity contribution >= 4 is 11.8 Å². The lowest BCUT2D eigenvalue weighted by molar-refractivity contribution is -0.142. The lowest BCUT2D eigenvalue weighted by Gasteiger charge is -2.41. The molecular weight excluding hydrogens is 180 g/mol. The molecule has 3 heteroatoms. The van der Waals surface area contributed by atoms with Crippen molar-refractivity contribution in [1.29, 1.82) is 0 Å². The largest absolute Gasteiger partial charge is 0.481 e. The number of carboxylic acid groups (broad SMARTS) is 1. The summed E-state index contributed by atoms with van der Waals surface area (Å²) in [6, 6.07) is 0. The zero-order chi connectivity index (χ0) is 10.9. The van der Waals surface area contributed by atoms with Crippen LogP contribution in [0.1, 0.15) is 40.0 Å². The Bertz CT molecular complexity index is 255. The van der Waals surface area contributed by atoms with Crippen molar-refractivity contribution in [2.45, 2.75) is 40.0 Å². The van der Waals surface area contributed by atoms with E-state index >= 15 is 0 Å². The minimum atomic E-state index is -0.801. The Morgan fingerprint density at radius 1 is 1.57 bits per heavy atom. The van der Waals surface area contributed by atoms with E-state index in [9.17, 15) is 9.59 Å². The first-order valence-electron chi connectivity index (χ1n) is 5.09. The summed E-state index contributed by atoms with van der Waals surface area (Å²) in [5.41, 5.74) is -0.0221. The van der Waals surface area contributed by atoms with Gasteiger partial charge in [0.05, 0.1) is 0 Å². The summed E-state index contributed by atoms with van der Waals surface area (Å²) >= 11 is 0. The van der Waals surface area contributed by atoms with E-state index in [2.05, 4.69) is 13.8 Å². The molecule has 0 bridgehead atoms. The number of aliphatic carboxylic acids is 1. The number of ketones is 1. The molecule has 1 saturated carbocycles. The van der Waals surface area contributed by atoms with E-state index in [1.54, 1.807) is 0 Å². The molecule has 0 aliphatic heterocycles. The highest BCUT2D eigenvalue weighted by molar-refractivity contribution is 5.82. The molecule has 0 aromatic heterocycles. The molecule has 0 saturated heterocycles. The lowest BCUT2D eigenvalue weighted by Crippen LogP contribution is -2.40. The van der Waals surface area contributed by atoms with Gasteiger partial charge in [-0.15, -0.1) is 0 Å². The Kier molecular flexibility index (Phi) is 2.98. The van der Waals surface area contributed by atoms with Crippen molar-refractivity contribution in [2.75, 3.05) is 0 Å². The van der Waals surface area contributed by atoms with Gasteiger partial charge in [0, 0.05) is 18.8 Å². The smallest absolute Gasteiger partial charge is 0.303 e. The SMILES string of the molecule is CC1C(=O)CCC(C)(C)C1CC(=O)O. The zero-order valence-corrected chi connectivity index (χ0v) is 9.04. The standard InChI is InChI=1S/C11H18O3/c1-7-8(6-10(13)14)11(2,3)5-4-9(7)12/h7-8H,4-6H2,1-3H3,(H,13,14). The molecule has 1 aliphatic carbocycles. The van der Waals surface area contributed by atoms with Crippen LogP contribution in [-0.2, 0) is 9.59 Å². The molecule has 2 unspecified atom stereocenters. The first-order chi connectivity index (χ1) is 6.34. The average molecular weight is 198 g/mol. The average Bonchev–Trinajstić information content (AvgIpc) is 2.06. The van der Waals surface area contributed by atoms with E-state index in [0.29, 0.717) is 6.42 Å². The minimum Gasteiger partial charge on any atom is -0.481 e. The highest BCUT2D eigenvalue weighted by atomic mass is 16.4. The van der Waals surface area contributed by atoms with Gasteiger partial charge < -0.3 is 5.11 Å². The number of carboxylic acids is 1. The van der Waals surface area contributed by atoms with Crippen LogP contribution in [-0.4, -0.2) is 16.9 Å². The number of hydrogen-bond acceptors (Lipinski definition) is 2. The molecule has 80 valence electrons. The molecule has 0 aromatic carbocycles. The first kappa shape index (κ1) is 11.2. The zero-order valence-electron chi connectivity index (χ0n) is 9.04. The lowest BCUT2D eigenvalue weighted by atomic mass is 9.62. The Morgan fingerprint density at radius 2 is 2.14 bits per heavy atom. The van der Waals surface area contributed by atoms with Crippen LogP contribution in [0.15, 0.2) is 0 Å². The van der Waals surface area contributed by atoms with Gasteiger partial charge in [-0.2, -0.15) is 0 Å². The van der Waals surface area contributed by atoms with E-state index in [1.165, 1.54) is 0 Å². The monoisotopic (exact) mass is 198 g/mol. The van der Waals surface area contributed by atoms with Crippen molar-refractivity contribution in [3.05, 3.63) is 0 Å². The van der Waals surface area contributed by atoms with Crippen LogP contribution in [0.3, 0.4) is 0 Å². The highest BCUT2D eigenvalue weighted by Crippen LogP contribution is 2.43. The molecular formula is C11H18O3. The second kappa shape index (κ2) is 3.71. The third-order valence-corrected chi connectivity index (χ3v) is 3.53. The Hall–Kier alpha value is -0.860. The minimum absolute atomic E-state index is 0.0127. The van der Waals surface area contributed by atoms with Crippen LogP contribution in [0.5, 0.6) is 0 Å². The van der Waals surface area contributed by atoms with Crippen molar-refractivity contribution in [2.24, 2.45) is 17.3 Å². The van der Waals surface area contributed by atoms with Crippen LogP contribution < -0.4 is 0 Å². The third-order valence-electron chi connectivity index (χ3n) is 3.53. The number of rotatable bonds is 2. The fourth-order valence-electron chi connectivity index (χ4n) is 2.40. The normalized spacial score (nSPS) is 31.5. The van der Waals surface area contributed by atoms with Gasteiger partial charge in [-0.1, -0.05) is 20.8 Å². The number of Topliss-reactive ketones (excluding diaryl/α,β-unsaturated/α-hetero) is 1. The van der Waals surface area contributed by atoms with Gasteiger partial charge in [-0.25, -0.2) is 0 Å². The van der Waals surface area contributed by atoms with Gasteiger partial charge >= 0.3 is 5.97 Å². The Labute approximate surface area is 84.5 Å². The molecule has 1 N–H and O–H groups in total. The Morgan fingerprint density at radius 3 is 2.64 bits per heavy atom. The summed E-state index contributed by atoms with van der Waals surface area (Å²) in [6.07, 6.45) is 1.53. The van der Waals surface area contributed by atoms with E-state index in [-0.39, 0.29) is 29.5 Å². The van der Waals surface area contributed by atoms with E-state index in [0.717, 1.165) is 6.42 Å². The van der Waals surface area contributed by atoms with Gasteiger partial charge in [-0.05, 0) is 17.8 Å². The predicted molar refractivity (Wildman–Crippen MR) is 52.9 cm³/mol. The fourth-order valence-corrected chi connectivity index (χ4v) is 2.40. The van der Waals surface area contributed by atoms with Gasteiger partial charge in [0.1, 0.15) is 5.78 Å². The van der Waals surface area contributed by atoms with E-state index in [1.807, 2.05) is 6.92 Å². The summed E-state index contributed by atoms with van der Waals surface area (Å²) in [4.78, 5) is 22.2. The molecule has 0 spiro atoms. The molecule has 3 nitrogen and oxygen atoms in total. The van der Waals surface area contributed by atoms with Crippen LogP contribution in [0.25, 0.3) is 0 Å². The molecule has 14 heavy (non-hydrogen) atoms. The quantitative estimate of drug-likeness (QED) is 0.739. The molecule has 0 aromatic rings. The summed E-state index contributed by atoms with van der Waals surface area (Å²) < 4.78 is 0. The van der Waals surface area contributed by atoms with Crippen LogP contribution >= 0.6 is 0 Å². The fraction of sp³-hybridized carbons (Fsp3) is 0.818. The topological polar surface area (TPSA) is 54.4 Å². The molecule has 0 amide bonds. The second-order valence-electron chi connectivity index (χ2n) is 4.95. The molecule has 0 radical (unpaired) electrons. The van der Waals surface area contributed by atoms with Crippen molar-refractivity contribution < 1.29 is 14.7 Å². The van der Waals surface area contributed by atoms with Crippen molar-refractivity contribution in [3.8, 4) is 0 Å². The molecule has 1 fully saturated rings. The van der Waals surface area contributed by atoms with Crippen molar-refractivity contribution in [3.63, 3.8) is 0 Å². The maximum absolute atomic E-state index is 11.5. The van der Waals surface area contributed by atoms with E-state index in [4.69, 9.17) is 5.11 Å². The van der Waals surface area contributed by atoms with Gasteiger partial charge in [0.15, 0.2) is 0 Å². The van der Waals surface area contributed by atoms with Crippen molar-refractivity contribution in [1.82, 2.24) is 0 Å². The maximum Gasteiger partial charge on any atom is 0.303 e. The third kappa shape index (κ3) is 2.14. The van der Waals surface area contributed by atoms with E-state index < -0.39 is 5.97 Å². The van der Waals surface area contributed by atoms with Gasteiger partial charge in [-0.3, -0.25) is 9.59 Å². The van der Waals surface area contributed by atoms with Crippen LogP contribution in [0.4, 0.5) is 0 Å². The summed E-state index contributed by atoms with van der Waals surface area (Å²) in [6.45, 7) is 5.98. The summed E-state index contributed by atoms with van der Waals surface area (Å²) in [5.74, 6) is -0.698. The molecule has 0 heterocycles. The predicted octanol–water partition coefficient (Wildman–Crippen LogP) is 2.10. The summed E-state index contributed by atoms with van der Waals surface area (Å²) in [5, 5.41) is 8.79. The van der Waals surface area contributed by atoms with Crippen LogP contribution in [0.2, 0.25) is 0 Å². The van der Waals surface area contributed by atoms with Crippen LogP contribution in [0, 0.1) is 17.3 Å². The number of hydrogen-bond donors (Lipinski definition) is 1. The molecule has 1 rings (SSSR count). The number of carbonyl (C=O) groups is 2. The molecule has 1 aliphatic rings. The second-order valence-corrected chi connectivity index (χ2v) is 4.95. The maximum atomic E-state index is 11.5. The highest BCUT2D eigenvalue weighted by Gasteiger charge is 2.41. The molecule has 2 atom stereocenters.